The van der Waals surface area contributed by atoms with Gasteiger partial charge < -0.3 is 5.11 Å². The molecule has 1 saturated carbocycles. The Bertz CT molecular complexity index is 417. The van der Waals surface area contributed by atoms with Crippen molar-refractivity contribution in [1.29, 1.82) is 0 Å². The third kappa shape index (κ3) is 3.11. The second-order valence-electron chi connectivity index (χ2n) is 6.21. The molecule has 1 saturated heterocycles. The molecular weight excluding hydrogens is 234 g/mol. The molecule has 2 aliphatic rings. The molecule has 1 aliphatic carbocycles. The first-order valence-electron chi connectivity index (χ1n) is 7.87. The number of aromatic hydroxyl groups is 1. The summed E-state index contributed by atoms with van der Waals surface area (Å²) in [6.07, 6.45) is 9.41. The van der Waals surface area contributed by atoms with Crippen molar-refractivity contribution >= 4 is 0 Å². The van der Waals surface area contributed by atoms with Crippen LogP contribution in [0.1, 0.15) is 62.0 Å². The molecule has 2 heteroatoms. The van der Waals surface area contributed by atoms with E-state index in [4.69, 9.17) is 0 Å². The maximum absolute atomic E-state index is 10.1. The van der Waals surface area contributed by atoms with E-state index in [0.29, 0.717) is 5.75 Å². The van der Waals surface area contributed by atoms with Crippen LogP contribution < -0.4 is 0 Å². The highest BCUT2D eigenvalue weighted by Crippen LogP contribution is 2.34. The fourth-order valence-electron chi connectivity index (χ4n) is 3.60. The quantitative estimate of drug-likeness (QED) is 0.885. The van der Waals surface area contributed by atoms with Gasteiger partial charge >= 0.3 is 0 Å². The van der Waals surface area contributed by atoms with Crippen LogP contribution >= 0.6 is 0 Å². The van der Waals surface area contributed by atoms with E-state index in [2.05, 4.69) is 17.0 Å². The normalized spacial score (nSPS) is 21.9. The molecule has 1 N–H and O–H groups in total. The van der Waals surface area contributed by atoms with E-state index >= 15 is 0 Å². The van der Waals surface area contributed by atoms with Gasteiger partial charge in [0.15, 0.2) is 0 Å². The molecule has 0 unspecified atom stereocenters. The minimum atomic E-state index is 0.478. The van der Waals surface area contributed by atoms with Crippen molar-refractivity contribution in [3.05, 3.63) is 29.3 Å². The maximum atomic E-state index is 10.1. The minimum Gasteiger partial charge on any atom is -0.508 e. The SMILES string of the molecule is Oc1ccc(C2CCCCC2)cc1CN1CCCC1. The monoisotopic (exact) mass is 259 g/mol. The molecular formula is C17H25NO. The van der Waals surface area contributed by atoms with E-state index in [9.17, 15) is 5.11 Å². The summed E-state index contributed by atoms with van der Waals surface area (Å²) in [6, 6.07) is 6.32. The number of phenolic OH excluding ortho intramolecular Hbond substituents is 1. The van der Waals surface area contributed by atoms with Crippen molar-refractivity contribution in [3.8, 4) is 5.75 Å². The summed E-state index contributed by atoms with van der Waals surface area (Å²) >= 11 is 0. The Morgan fingerprint density at radius 1 is 1.00 bits per heavy atom. The third-order valence-electron chi connectivity index (χ3n) is 4.77. The van der Waals surface area contributed by atoms with E-state index in [1.165, 1.54) is 63.6 Å². The molecule has 0 radical (unpaired) electrons. The number of benzene rings is 1. The molecule has 104 valence electrons. The highest BCUT2D eigenvalue weighted by Gasteiger charge is 2.18. The first kappa shape index (κ1) is 13.0. The summed E-state index contributed by atoms with van der Waals surface area (Å²) < 4.78 is 0. The van der Waals surface area contributed by atoms with Crippen LogP contribution in [0.15, 0.2) is 18.2 Å². The largest absolute Gasteiger partial charge is 0.508 e. The van der Waals surface area contributed by atoms with Gasteiger partial charge in [-0.2, -0.15) is 0 Å². The van der Waals surface area contributed by atoms with Crippen molar-refractivity contribution < 1.29 is 5.11 Å². The predicted octanol–water partition coefficient (Wildman–Crippen LogP) is 4.04. The van der Waals surface area contributed by atoms with Gasteiger partial charge in [-0.1, -0.05) is 31.4 Å². The van der Waals surface area contributed by atoms with Crippen LogP contribution in [0.3, 0.4) is 0 Å². The van der Waals surface area contributed by atoms with Gasteiger partial charge in [0.1, 0.15) is 5.75 Å². The molecule has 0 aromatic heterocycles. The second-order valence-corrected chi connectivity index (χ2v) is 6.21. The number of hydrogen-bond donors (Lipinski definition) is 1. The molecule has 0 amide bonds. The lowest BCUT2D eigenvalue weighted by atomic mass is 9.83. The fraction of sp³-hybridized carbons (Fsp3) is 0.647. The van der Waals surface area contributed by atoms with Crippen LogP contribution in [0.4, 0.5) is 0 Å². The van der Waals surface area contributed by atoms with Crippen molar-refractivity contribution in [3.63, 3.8) is 0 Å². The Morgan fingerprint density at radius 3 is 2.47 bits per heavy atom. The Labute approximate surface area is 116 Å². The van der Waals surface area contributed by atoms with Crippen LogP contribution in [0.5, 0.6) is 5.75 Å². The minimum absolute atomic E-state index is 0.478. The highest BCUT2D eigenvalue weighted by molar-refractivity contribution is 5.37. The molecule has 1 heterocycles. The molecule has 3 rings (SSSR count). The Kier molecular flexibility index (Phi) is 4.07. The number of nitrogens with zero attached hydrogens (tertiary/aromatic N) is 1. The lowest BCUT2D eigenvalue weighted by Gasteiger charge is -2.23. The standard InChI is InChI=1S/C17H25NO/c19-17-9-8-15(14-6-2-1-3-7-14)12-16(17)13-18-10-4-5-11-18/h8-9,12,14,19H,1-7,10-11,13H2. The average Bonchev–Trinajstić information content (AvgIpc) is 2.95. The first-order valence-corrected chi connectivity index (χ1v) is 7.87. The lowest BCUT2D eigenvalue weighted by molar-refractivity contribution is 0.323. The zero-order valence-electron chi connectivity index (χ0n) is 11.8. The van der Waals surface area contributed by atoms with Gasteiger partial charge in [-0.3, -0.25) is 4.90 Å². The Morgan fingerprint density at radius 2 is 1.74 bits per heavy atom. The van der Waals surface area contributed by atoms with E-state index < -0.39 is 0 Å². The van der Waals surface area contributed by atoms with Crippen LogP contribution in [0, 0.1) is 0 Å². The van der Waals surface area contributed by atoms with Crippen LogP contribution in [0.2, 0.25) is 0 Å². The summed E-state index contributed by atoms with van der Waals surface area (Å²) in [5.74, 6) is 1.21. The van der Waals surface area contributed by atoms with Crippen LogP contribution in [0.25, 0.3) is 0 Å². The molecule has 19 heavy (non-hydrogen) atoms. The van der Waals surface area contributed by atoms with Gasteiger partial charge in [-0.05, 0) is 56.3 Å². The van der Waals surface area contributed by atoms with E-state index in [0.717, 1.165) is 18.0 Å². The molecule has 1 aliphatic heterocycles. The van der Waals surface area contributed by atoms with Gasteiger partial charge in [-0.15, -0.1) is 0 Å². The van der Waals surface area contributed by atoms with Gasteiger partial charge in [0, 0.05) is 12.1 Å². The number of likely N-dealkylation sites (tertiary alicyclic amines) is 1. The van der Waals surface area contributed by atoms with Gasteiger partial charge in [0.2, 0.25) is 0 Å². The molecule has 1 aromatic carbocycles. The number of rotatable bonds is 3. The maximum Gasteiger partial charge on any atom is 0.120 e. The Hall–Kier alpha value is -1.02. The average molecular weight is 259 g/mol. The van der Waals surface area contributed by atoms with Gasteiger partial charge in [0.05, 0.1) is 0 Å². The first-order chi connectivity index (χ1) is 9.33. The topological polar surface area (TPSA) is 23.5 Å². The fourth-order valence-corrected chi connectivity index (χ4v) is 3.60. The Balaban J connectivity index is 1.74. The summed E-state index contributed by atoms with van der Waals surface area (Å²) in [5.41, 5.74) is 2.58. The van der Waals surface area contributed by atoms with Crippen LogP contribution in [-0.4, -0.2) is 23.1 Å². The van der Waals surface area contributed by atoms with Crippen LogP contribution in [-0.2, 0) is 6.54 Å². The van der Waals surface area contributed by atoms with E-state index in [-0.39, 0.29) is 0 Å². The van der Waals surface area contributed by atoms with E-state index in [1.54, 1.807) is 0 Å². The highest BCUT2D eigenvalue weighted by atomic mass is 16.3. The summed E-state index contributed by atoms with van der Waals surface area (Å²) in [4.78, 5) is 2.46. The molecule has 0 spiro atoms. The molecule has 0 atom stereocenters. The zero-order chi connectivity index (χ0) is 13.1. The van der Waals surface area contributed by atoms with Crippen molar-refractivity contribution in [1.82, 2.24) is 4.90 Å². The zero-order valence-corrected chi connectivity index (χ0v) is 11.8. The molecule has 2 nitrogen and oxygen atoms in total. The molecule has 0 bridgehead atoms. The number of hydrogen-bond acceptors (Lipinski definition) is 2. The smallest absolute Gasteiger partial charge is 0.120 e. The lowest BCUT2D eigenvalue weighted by Crippen LogP contribution is -2.18. The molecule has 1 aromatic rings. The summed E-state index contributed by atoms with van der Waals surface area (Å²) in [6.45, 7) is 3.30. The second kappa shape index (κ2) is 5.96. The van der Waals surface area contributed by atoms with Crippen molar-refractivity contribution in [2.45, 2.75) is 57.4 Å². The van der Waals surface area contributed by atoms with Crippen molar-refractivity contribution in [2.75, 3.05) is 13.1 Å². The molecule has 2 fully saturated rings. The predicted molar refractivity (Wildman–Crippen MR) is 78.4 cm³/mol. The van der Waals surface area contributed by atoms with E-state index in [1.807, 2.05) is 6.07 Å². The van der Waals surface area contributed by atoms with Gasteiger partial charge in [-0.25, -0.2) is 0 Å². The summed E-state index contributed by atoms with van der Waals surface area (Å²) in [7, 11) is 0. The third-order valence-corrected chi connectivity index (χ3v) is 4.77. The van der Waals surface area contributed by atoms with Gasteiger partial charge in [0.25, 0.3) is 0 Å². The summed E-state index contributed by atoms with van der Waals surface area (Å²) in [5, 5.41) is 10.1. The van der Waals surface area contributed by atoms with Crippen molar-refractivity contribution in [2.24, 2.45) is 0 Å². The number of phenols is 1.